The van der Waals surface area contributed by atoms with E-state index in [9.17, 15) is 14.3 Å². The third kappa shape index (κ3) is 2.67. The minimum atomic E-state index is -0.652. The molecule has 3 rings (SSSR count). The van der Waals surface area contributed by atoms with Gasteiger partial charge in [-0.1, -0.05) is 24.3 Å². The van der Waals surface area contributed by atoms with Crippen LogP contribution < -0.4 is 5.32 Å². The van der Waals surface area contributed by atoms with Crippen LogP contribution in [-0.2, 0) is 6.42 Å². The summed E-state index contributed by atoms with van der Waals surface area (Å²) >= 11 is 0. The van der Waals surface area contributed by atoms with Crippen LogP contribution in [-0.4, -0.2) is 17.1 Å². The Hall–Kier alpha value is -2.20. The molecule has 2 aromatic carbocycles. The van der Waals surface area contributed by atoms with Crippen LogP contribution in [0.1, 0.15) is 33.1 Å². The summed E-state index contributed by atoms with van der Waals surface area (Å²) in [5.74, 6) is -0.814. The summed E-state index contributed by atoms with van der Waals surface area (Å²) in [6.07, 6.45) is -0.135. The minimum absolute atomic E-state index is 0.268. The molecular formula is C17H16FNO2. The van der Waals surface area contributed by atoms with Gasteiger partial charge in [0.15, 0.2) is 0 Å². The Balaban J connectivity index is 1.85. The van der Waals surface area contributed by atoms with Gasteiger partial charge in [-0.15, -0.1) is 0 Å². The van der Waals surface area contributed by atoms with Crippen LogP contribution in [0.4, 0.5) is 4.39 Å². The van der Waals surface area contributed by atoms with Crippen molar-refractivity contribution in [1.82, 2.24) is 5.32 Å². The summed E-state index contributed by atoms with van der Waals surface area (Å²) in [5.41, 5.74) is 2.91. The first kappa shape index (κ1) is 13.8. The van der Waals surface area contributed by atoms with Gasteiger partial charge in [0, 0.05) is 12.0 Å². The largest absolute Gasteiger partial charge is 0.390 e. The molecule has 0 spiro atoms. The summed E-state index contributed by atoms with van der Waals surface area (Å²) < 4.78 is 13.4. The molecule has 2 unspecified atom stereocenters. The third-order valence-corrected chi connectivity index (χ3v) is 3.79. The highest BCUT2D eigenvalue weighted by Crippen LogP contribution is 2.31. The Kier molecular flexibility index (Phi) is 3.47. The molecule has 3 nitrogen and oxygen atoms in total. The Morgan fingerprint density at radius 3 is 2.81 bits per heavy atom. The second-order valence-electron chi connectivity index (χ2n) is 5.44. The third-order valence-electron chi connectivity index (χ3n) is 3.79. The van der Waals surface area contributed by atoms with Crippen molar-refractivity contribution in [3.63, 3.8) is 0 Å². The van der Waals surface area contributed by atoms with E-state index < -0.39 is 18.0 Å². The van der Waals surface area contributed by atoms with Gasteiger partial charge >= 0.3 is 0 Å². The highest BCUT2D eigenvalue weighted by Gasteiger charge is 2.32. The number of benzene rings is 2. The van der Waals surface area contributed by atoms with Crippen molar-refractivity contribution in [1.29, 1.82) is 0 Å². The smallest absolute Gasteiger partial charge is 0.251 e. The number of rotatable bonds is 2. The van der Waals surface area contributed by atoms with Crippen molar-refractivity contribution in [3.8, 4) is 0 Å². The Morgan fingerprint density at radius 1 is 1.29 bits per heavy atom. The van der Waals surface area contributed by atoms with E-state index in [1.807, 2.05) is 24.3 Å². The molecule has 4 heteroatoms. The maximum Gasteiger partial charge on any atom is 0.251 e. The van der Waals surface area contributed by atoms with Crippen LogP contribution in [0.2, 0.25) is 0 Å². The SMILES string of the molecule is Cc1cc(F)cc(C(=O)NC2c3ccccc3CC2O)c1. The molecule has 0 radical (unpaired) electrons. The topological polar surface area (TPSA) is 49.3 Å². The van der Waals surface area contributed by atoms with Crippen molar-refractivity contribution in [3.05, 3.63) is 70.5 Å². The van der Waals surface area contributed by atoms with E-state index in [4.69, 9.17) is 0 Å². The number of hydrogen-bond donors (Lipinski definition) is 2. The molecule has 1 amide bonds. The van der Waals surface area contributed by atoms with Gasteiger partial charge in [0.05, 0.1) is 12.1 Å². The van der Waals surface area contributed by atoms with Gasteiger partial charge in [0.1, 0.15) is 5.82 Å². The number of aliphatic hydroxyl groups is 1. The van der Waals surface area contributed by atoms with Gasteiger partial charge in [-0.25, -0.2) is 4.39 Å². The van der Waals surface area contributed by atoms with Gasteiger partial charge in [0.2, 0.25) is 0 Å². The fraction of sp³-hybridized carbons (Fsp3) is 0.235. The lowest BCUT2D eigenvalue weighted by Gasteiger charge is -2.18. The summed E-state index contributed by atoms with van der Waals surface area (Å²) in [5, 5.41) is 12.9. The average molecular weight is 285 g/mol. The summed E-state index contributed by atoms with van der Waals surface area (Å²) in [7, 11) is 0. The molecule has 2 aromatic rings. The molecule has 108 valence electrons. The van der Waals surface area contributed by atoms with Gasteiger partial charge in [0.25, 0.3) is 5.91 Å². The second kappa shape index (κ2) is 5.30. The van der Waals surface area contributed by atoms with E-state index in [0.717, 1.165) is 11.1 Å². The lowest BCUT2D eigenvalue weighted by atomic mass is 10.1. The van der Waals surface area contributed by atoms with Gasteiger partial charge in [-0.05, 0) is 41.8 Å². The molecule has 21 heavy (non-hydrogen) atoms. The van der Waals surface area contributed by atoms with Crippen molar-refractivity contribution in [2.75, 3.05) is 0 Å². The predicted molar refractivity (Wildman–Crippen MR) is 77.5 cm³/mol. The summed E-state index contributed by atoms with van der Waals surface area (Å²) in [6.45, 7) is 1.74. The monoisotopic (exact) mass is 285 g/mol. The molecule has 0 bridgehead atoms. The molecule has 0 saturated carbocycles. The number of carbonyl (C=O) groups excluding carboxylic acids is 1. The van der Waals surface area contributed by atoms with Crippen LogP contribution in [0.3, 0.4) is 0 Å². The van der Waals surface area contributed by atoms with Crippen molar-refractivity contribution >= 4 is 5.91 Å². The zero-order valence-corrected chi connectivity index (χ0v) is 11.6. The zero-order chi connectivity index (χ0) is 15.0. The number of amides is 1. The number of aryl methyl sites for hydroxylation is 1. The standard InChI is InChI=1S/C17H16FNO2/c1-10-6-12(8-13(18)7-10)17(21)19-16-14-5-3-2-4-11(14)9-15(16)20/h2-8,15-16,20H,9H2,1H3,(H,19,21). The lowest BCUT2D eigenvalue weighted by molar-refractivity contribution is 0.0857. The molecule has 0 saturated heterocycles. The summed E-state index contributed by atoms with van der Waals surface area (Å²) in [4.78, 5) is 12.3. The molecule has 0 heterocycles. The minimum Gasteiger partial charge on any atom is -0.390 e. The number of aliphatic hydroxyl groups excluding tert-OH is 1. The zero-order valence-electron chi connectivity index (χ0n) is 11.6. The van der Waals surface area contributed by atoms with E-state index in [1.54, 1.807) is 13.0 Å². The van der Waals surface area contributed by atoms with Crippen LogP contribution >= 0.6 is 0 Å². The number of fused-ring (bicyclic) bond motifs is 1. The first-order valence-electron chi connectivity index (χ1n) is 6.88. The fourth-order valence-electron chi connectivity index (χ4n) is 2.84. The Bertz CT molecular complexity index is 679. The first-order chi connectivity index (χ1) is 10.0. The van der Waals surface area contributed by atoms with Crippen molar-refractivity contribution in [2.45, 2.75) is 25.5 Å². The lowest BCUT2D eigenvalue weighted by Crippen LogP contribution is -2.33. The van der Waals surface area contributed by atoms with Crippen LogP contribution in [0.5, 0.6) is 0 Å². The van der Waals surface area contributed by atoms with Gasteiger partial charge in [-0.2, -0.15) is 0 Å². The number of carbonyl (C=O) groups is 1. The van der Waals surface area contributed by atoms with E-state index in [0.29, 0.717) is 12.0 Å². The fourth-order valence-corrected chi connectivity index (χ4v) is 2.84. The first-order valence-corrected chi connectivity index (χ1v) is 6.88. The molecule has 2 atom stereocenters. The maximum absolute atomic E-state index is 13.4. The molecule has 1 aliphatic carbocycles. The Morgan fingerprint density at radius 2 is 2.05 bits per heavy atom. The van der Waals surface area contributed by atoms with Crippen molar-refractivity contribution in [2.24, 2.45) is 0 Å². The molecule has 0 aromatic heterocycles. The maximum atomic E-state index is 13.4. The van der Waals surface area contributed by atoms with Gasteiger partial charge in [-0.3, -0.25) is 4.79 Å². The molecular weight excluding hydrogens is 269 g/mol. The van der Waals surface area contributed by atoms with E-state index in [2.05, 4.69) is 5.32 Å². The Labute approximate surface area is 122 Å². The number of halogens is 1. The molecule has 1 aliphatic rings. The predicted octanol–water partition coefficient (Wildman–Crippen LogP) is 2.52. The van der Waals surface area contributed by atoms with Crippen LogP contribution in [0.25, 0.3) is 0 Å². The van der Waals surface area contributed by atoms with Crippen LogP contribution in [0.15, 0.2) is 42.5 Å². The molecule has 2 N–H and O–H groups in total. The molecule has 0 aliphatic heterocycles. The van der Waals surface area contributed by atoms with Crippen molar-refractivity contribution < 1.29 is 14.3 Å². The quantitative estimate of drug-likeness (QED) is 0.890. The van der Waals surface area contributed by atoms with Crippen LogP contribution in [0, 0.1) is 12.7 Å². The number of hydrogen-bond acceptors (Lipinski definition) is 2. The van der Waals surface area contributed by atoms with E-state index >= 15 is 0 Å². The molecule has 0 fully saturated rings. The van der Waals surface area contributed by atoms with E-state index in [-0.39, 0.29) is 11.5 Å². The average Bonchev–Trinajstić information content (AvgIpc) is 2.74. The highest BCUT2D eigenvalue weighted by molar-refractivity contribution is 5.94. The van der Waals surface area contributed by atoms with Gasteiger partial charge < -0.3 is 10.4 Å². The highest BCUT2D eigenvalue weighted by atomic mass is 19.1. The summed E-state index contributed by atoms with van der Waals surface area (Å²) in [6, 6.07) is 11.4. The second-order valence-corrected chi connectivity index (χ2v) is 5.44. The normalized spacial score (nSPS) is 20.1. The number of nitrogens with one attached hydrogen (secondary N) is 1. The van der Waals surface area contributed by atoms with E-state index in [1.165, 1.54) is 12.1 Å².